The Kier molecular flexibility index (Phi) is 6.92. The van der Waals surface area contributed by atoms with Gasteiger partial charge in [-0.3, -0.25) is 9.59 Å². The lowest BCUT2D eigenvalue weighted by Gasteiger charge is -2.15. The van der Waals surface area contributed by atoms with Gasteiger partial charge in [0.1, 0.15) is 5.00 Å². The minimum atomic E-state index is -0.868. The van der Waals surface area contributed by atoms with E-state index in [0.717, 1.165) is 11.3 Å². The zero-order chi connectivity index (χ0) is 22.7. The van der Waals surface area contributed by atoms with Gasteiger partial charge in [0, 0.05) is 0 Å². The highest BCUT2D eigenvalue weighted by Crippen LogP contribution is 2.34. The van der Waals surface area contributed by atoms with E-state index in [9.17, 15) is 24.5 Å². The summed E-state index contributed by atoms with van der Waals surface area (Å²) in [7, 11) is 0. The smallest absolute Gasteiger partial charge is 0.390 e. The lowest BCUT2D eigenvalue weighted by Crippen LogP contribution is -2.27. The number of hydrogen-bond donors (Lipinski definition) is 2. The molecule has 0 aliphatic heterocycles. The third-order valence-corrected chi connectivity index (χ3v) is 5.46. The van der Waals surface area contributed by atoms with Crippen LogP contribution < -0.4 is 11.1 Å². The van der Waals surface area contributed by atoms with Crippen molar-refractivity contribution >= 4 is 39.9 Å². The van der Waals surface area contributed by atoms with E-state index in [-0.39, 0.29) is 27.7 Å². The first kappa shape index (κ1) is 23.0. The molecule has 2 aromatic heterocycles. The molecule has 1 unspecified atom stereocenters. The van der Waals surface area contributed by atoms with Gasteiger partial charge in [-0.05, 0) is 44.6 Å². The molecule has 12 heteroatoms. The molecule has 2 heterocycles. The van der Waals surface area contributed by atoms with Gasteiger partial charge in [0.15, 0.2) is 6.04 Å². The minimum Gasteiger partial charge on any atom is -0.459 e. The molecule has 2 aromatic rings. The van der Waals surface area contributed by atoms with Crippen molar-refractivity contribution in [1.82, 2.24) is 9.78 Å². The van der Waals surface area contributed by atoms with E-state index in [1.54, 1.807) is 34.6 Å². The number of aryl methyl sites for hydroxylation is 1. The van der Waals surface area contributed by atoms with E-state index in [0.29, 0.717) is 11.3 Å². The third kappa shape index (κ3) is 4.64. The number of anilines is 1. The molecule has 0 bridgehead atoms. The standard InChI is InChI=1S/C18H23N5O6S/c1-6-11(22-9(4)7-12(21-22)23(27)28)16(25)20-17-13(18(26)29-8(2)3)10(5)14(30-17)15(19)24/h7-8,11H,6H2,1-5H3,(H2,19,24)(H,20,25). The van der Waals surface area contributed by atoms with Crippen LogP contribution in [0.4, 0.5) is 10.8 Å². The van der Waals surface area contributed by atoms with Crippen LogP contribution in [0.25, 0.3) is 0 Å². The number of ether oxygens (including phenoxy) is 1. The molecule has 3 N–H and O–H groups in total. The van der Waals surface area contributed by atoms with Gasteiger partial charge in [-0.15, -0.1) is 11.3 Å². The number of carbonyl (C=O) groups is 3. The molecule has 2 rings (SSSR count). The fourth-order valence-electron chi connectivity index (χ4n) is 2.90. The SMILES string of the molecule is CCC(C(=O)Nc1sc(C(N)=O)c(C)c1C(=O)OC(C)C)n1nc([N+](=O)[O-])cc1C. The number of rotatable bonds is 8. The van der Waals surface area contributed by atoms with Crippen molar-refractivity contribution in [1.29, 1.82) is 0 Å². The van der Waals surface area contributed by atoms with Crippen LogP contribution in [0.3, 0.4) is 0 Å². The predicted octanol–water partition coefficient (Wildman–Crippen LogP) is 2.72. The van der Waals surface area contributed by atoms with Gasteiger partial charge >= 0.3 is 11.8 Å². The summed E-state index contributed by atoms with van der Waals surface area (Å²) in [5, 5.41) is 17.6. The van der Waals surface area contributed by atoms with E-state index < -0.39 is 34.9 Å². The zero-order valence-corrected chi connectivity index (χ0v) is 18.0. The van der Waals surface area contributed by atoms with Crippen molar-refractivity contribution < 1.29 is 24.0 Å². The first-order valence-electron chi connectivity index (χ1n) is 9.13. The summed E-state index contributed by atoms with van der Waals surface area (Å²) in [4.78, 5) is 47.7. The normalized spacial score (nSPS) is 11.9. The van der Waals surface area contributed by atoms with Crippen LogP contribution in [-0.2, 0) is 9.53 Å². The molecule has 0 fully saturated rings. The predicted molar refractivity (Wildman–Crippen MR) is 110 cm³/mol. The van der Waals surface area contributed by atoms with Crippen LogP contribution in [0, 0.1) is 24.0 Å². The number of nitrogens with one attached hydrogen (secondary N) is 1. The largest absolute Gasteiger partial charge is 0.459 e. The number of thiophene rings is 1. The van der Waals surface area contributed by atoms with Crippen molar-refractivity contribution in [2.24, 2.45) is 5.73 Å². The number of nitrogens with zero attached hydrogens (tertiary/aromatic N) is 3. The summed E-state index contributed by atoms with van der Waals surface area (Å²) in [5.41, 5.74) is 6.18. The van der Waals surface area contributed by atoms with Crippen LogP contribution >= 0.6 is 11.3 Å². The second kappa shape index (κ2) is 9.03. The van der Waals surface area contributed by atoms with Crippen molar-refractivity contribution in [3.8, 4) is 0 Å². The molecule has 2 amide bonds. The maximum absolute atomic E-state index is 13.0. The Morgan fingerprint density at radius 1 is 1.37 bits per heavy atom. The Morgan fingerprint density at radius 3 is 2.47 bits per heavy atom. The highest BCUT2D eigenvalue weighted by atomic mass is 32.1. The van der Waals surface area contributed by atoms with Gasteiger partial charge in [0.05, 0.1) is 33.4 Å². The van der Waals surface area contributed by atoms with Gasteiger partial charge in [0.2, 0.25) is 0 Å². The van der Waals surface area contributed by atoms with E-state index in [2.05, 4.69) is 10.4 Å². The highest BCUT2D eigenvalue weighted by Gasteiger charge is 2.31. The van der Waals surface area contributed by atoms with Crippen LogP contribution in [0.5, 0.6) is 0 Å². The lowest BCUT2D eigenvalue weighted by atomic mass is 10.1. The molecule has 0 aliphatic rings. The maximum Gasteiger partial charge on any atom is 0.390 e. The summed E-state index contributed by atoms with van der Waals surface area (Å²) in [6.07, 6.45) is -0.127. The van der Waals surface area contributed by atoms with Crippen molar-refractivity contribution in [2.45, 2.75) is 53.2 Å². The molecule has 30 heavy (non-hydrogen) atoms. The average Bonchev–Trinajstić information content (AvgIpc) is 3.16. The van der Waals surface area contributed by atoms with E-state index >= 15 is 0 Å². The number of aromatic nitrogens is 2. The van der Waals surface area contributed by atoms with Crippen molar-refractivity contribution in [2.75, 3.05) is 5.32 Å². The quantitative estimate of drug-likeness (QED) is 0.365. The van der Waals surface area contributed by atoms with Crippen molar-refractivity contribution in [3.05, 3.63) is 37.9 Å². The van der Waals surface area contributed by atoms with Gasteiger partial charge in [-0.2, -0.15) is 4.68 Å². The minimum absolute atomic E-state index is 0.0499. The molecule has 11 nitrogen and oxygen atoms in total. The van der Waals surface area contributed by atoms with Gasteiger partial charge in [-0.1, -0.05) is 6.92 Å². The number of hydrogen-bond acceptors (Lipinski definition) is 8. The van der Waals surface area contributed by atoms with E-state index in [1.165, 1.54) is 10.7 Å². The Morgan fingerprint density at radius 2 is 2.00 bits per heavy atom. The monoisotopic (exact) mass is 437 g/mol. The molecule has 0 spiro atoms. The number of nitro groups is 1. The number of esters is 1. The Hall–Kier alpha value is -3.28. The van der Waals surface area contributed by atoms with Crippen LogP contribution in [0.2, 0.25) is 0 Å². The topological polar surface area (TPSA) is 159 Å². The molecule has 0 radical (unpaired) electrons. The van der Waals surface area contributed by atoms with Crippen LogP contribution in [0.15, 0.2) is 6.07 Å². The Labute approximate surface area is 176 Å². The number of primary amides is 1. The summed E-state index contributed by atoms with van der Waals surface area (Å²) in [6.45, 7) is 8.21. The number of nitrogens with two attached hydrogens (primary N) is 1. The summed E-state index contributed by atoms with van der Waals surface area (Å²) in [5.74, 6) is -2.35. The molecule has 0 aromatic carbocycles. The first-order valence-corrected chi connectivity index (χ1v) is 9.95. The summed E-state index contributed by atoms with van der Waals surface area (Å²) in [6, 6.07) is 0.397. The second-order valence-electron chi connectivity index (χ2n) is 6.84. The molecular formula is C18H23N5O6S. The molecular weight excluding hydrogens is 414 g/mol. The summed E-state index contributed by atoms with van der Waals surface area (Å²) >= 11 is 0.870. The fourth-order valence-corrected chi connectivity index (χ4v) is 3.95. The molecule has 0 aliphatic carbocycles. The third-order valence-electron chi connectivity index (χ3n) is 4.24. The van der Waals surface area contributed by atoms with Gasteiger partial charge < -0.3 is 25.9 Å². The molecule has 1 atom stereocenters. The van der Waals surface area contributed by atoms with Crippen LogP contribution in [-0.4, -0.2) is 38.6 Å². The van der Waals surface area contributed by atoms with Gasteiger partial charge in [-0.25, -0.2) is 4.79 Å². The summed E-state index contributed by atoms with van der Waals surface area (Å²) < 4.78 is 6.48. The Bertz CT molecular complexity index is 1010. The fraction of sp³-hybridized carbons (Fsp3) is 0.444. The highest BCUT2D eigenvalue weighted by molar-refractivity contribution is 7.18. The number of amides is 2. The van der Waals surface area contributed by atoms with E-state index in [1.807, 2.05) is 0 Å². The second-order valence-corrected chi connectivity index (χ2v) is 7.86. The maximum atomic E-state index is 13.0. The van der Waals surface area contributed by atoms with Crippen LogP contribution in [0.1, 0.15) is 64.5 Å². The lowest BCUT2D eigenvalue weighted by molar-refractivity contribution is -0.389. The zero-order valence-electron chi connectivity index (χ0n) is 17.2. The average molecular weight is 437 g/mol. The first-order chi connectivity index (χ1) is 14.0. The van der Waals surface area contributed by atoms with Gasteiger partial charge in [0.25, 0.3) is 11.8 Å². The Balaban J connectivity index is 2.43. The van der Waals surface area contributed by atoms with Crippen molar-refractivity contribution in [3.63, 3.8) is 0 Å². The molecule has 0 saturated carbocycles. The molecule has 162 valence electrons. The molecule has 0 saturated heterocycles. The van der Waals surface area contributed by atoms with E-state index in [4.69, 9.17) is 10.5 Å². The number of carbonyl (C=O) groups excluding carboxylic acids is 3.